The van der Waals surface area contributed by atoms with Crippen molar-refractivity contribution in [2.75, 3.05) is 39.3 Å². The number of piperazine rings is 1. The Labute approximate surface area is 145 Å². The highest BCUT2D eigenvalue weighted by Crippen LogP contribution is 2.09. The Kier molecular flexibility index (Phi) is 5.45. The van der Waals surface area contributed by atoms with Crippen molar-refractivity contribution >= 4 is 11.8 Å². The van der Waals surface area contributed by atoms with Crippen LogP contribution in [0.4, 0.5) is 4.39 Å². The number of benzene rings is 1. The first kappa shape index (κ1) is 17.2. The molecule has 1 aliphatic heterocycles. The Morgan fingerprint density at radius 2 is 1.80 bits per heavy atom. The molecule has 1 N–H and O–H groups in total. The molecule has 132 valence electrons. The Morgan fingerprint density at radius 1 is 1.08 bits per heavy atom. The number of rotatable bonds is 5. The van der Waals surface area contributed by atoms with Crippen molar-refractivity contribution in [3.8, 4) is 0 Å². The summed E-state index contributed by atoms with van der Waals surface area (Å²) in [5, 5.41) is 2.82. The molecule has 1 aliphatic rings. The van der Waals surface area contributed by atoms with Gasteiger partial charge in [-0.3, -0.25) is 14.5 Å². The molecule has 1 aromatic carbocycles. The van der Waals surface area contributed by atoms with Crippen LogP contribution in [0, 0.1) is 5.82 Å². The van der Waals surface area contributed by atoms with E-state index >= 15 is 0 Å². The third-order valence-electron chi connectivity index (χ3n) is 4.21. The smallest absolute Gasteiger partial charge is 0.289 e. The van der Waals surface area contributed by atoms with Crippen LogP contribution in [-0.2, 0) is 0 Å². The van der Waals surface area contributed by atoms with Crippen LogP contribution in [0.3, 0.4) is 0 Å². The molecular formula is C18H20FN3O3. The van der Waals surface area contributed by atoms with Crippen molar-refractivity contribution in [1.29, 1.82) is 0 Å². The van der Waals surface area contributed by atoms with Crippen LogP contribution >= 0.6 is 0 Å². The second-order valence-electron chi connectivity index (χ2n) is 5.87. The zero-order valence-corrected chi connectivity index (χ0v) is 13.8. The Hall–Kier alpha value is -2.67. The average molecular weight is 345 g/mol. The minimum atomic E-state index is -0.362. The van der Waals surface area contributed by atoms with E-state index < -0.39 is 0 Å². The highest BCUT2D eigenvalue weighted by molar-refractivity contribution is 5.94. The zero-order chi connectivity index (χ0) is 17.6. The number of hydrogen-bond acceptors (Lipinski definition) is 4. The predicted octanol–water partition coefficient (Wildman–Crippen LogP) is 1.61. The van der Waals surface area contributed by atoms with Gasteiger partial charge in [0, 0.05) is 44.8 Å². The van der Waals surface area contributed by atoms with E-state index in [2.05, 4.69) is 10.2 Å². The highest BCUT2D eigenvalue weighted by atomic mass is 19.1. The third kappa shape index (κ3) is 4.45. The lowest BCUT2D eigenvalue weighted by Crippen LogP contribution is -2.50. The summed E-state index contributed by atoms with van der Waals surface area (Å²) in [5.74, 6) is -0.306. The monoisotopic (exact) mass is 345 g/mol. The lowest BCUT2D eigenvalue weighted by molar-refractivity contribution is 0.0607. The number of nitrogens with one attached hydrogen (secondary N) is 1. The van der Waals surface area contributed by atoms with Crippen molar-refractivity contribution in [3.63, 3.8) is 0 Å². The molecular weight excluding hydrogens is 325 g/mol. The lowest BCUT2D eigenvalue weighted by atomic mass is 10.2. The predicted molar refractivity (Wildman–Crippen MR) is 89.8 cm³/mol. The molecule has 0 radical (unpaired) electrons. The quantitative estimate of drug-likeness (QED) is 0.894. The van der Waals surface area contributed by atoms with Crippen molar-refractivity contribution in [2.24, 2.45) is 0 Å². The second-order valence-corrected chi connectivity index (χ2v) is 5.87. The first-order valence-corrected chi connectivity index (χ1v) is 8.22. The van der Waals surface area contributed by atoms with Gasteiger partial charge in [0.1, 0.15) is 5.82 Å². The van der Waals surface area contributed by atoms with Gasteiger partial charge in [-0.15, -0.1) is 0 Å². The fraction of sp³-hybridized carbons (Fsp3) is 0.333. The molecule has 7 heteroatoms. The maximum absolute atomic E-state index is 12.9. The number of halogens is 1. The van der Waals surface area contributed by atoms with Gasteiger partial charge in [0.2, 0.25) is 0 Å². The lowest BCUT2D eigenvalue weighted by Gasteiger charge is -2.34. The van der Waals surface area contributed by atoms with Crippen LogP contribution in [0.2, 0.25) is 0 Å². The van der Waals surface area contributed by atoms with Crippen LogP contribution in [0.25, 0.3) is 0 Å². The molecule has 0 bridgehead atoms. The molecule has 1 aromatic heterocycles. The number of nitrogens with zero attached hydrogens (tertiary/aromatic N) is 2. The van der Waals surface area contributed by atoms with Crippen LogP contribution < -0.4 is 5.32 Å². The van der Waals surface area contributed by atoms with Gasteiger partial charge < -0.3 is 14.6 Å². The highest BCUT2D eigenvalue weighted by Gasteiger charge is 2.23. The van der Waals surface area contributed by atoms with E-state index in [1.807, 2.05) is 0 Å². The van der Waals surface area contributed by atoms with E-state index in [4.69, 9.17) is 4.42 Å². The first-order chi connectivity index (χ1) is 12.1. The standard InChI is InChI=1S/C18H20FN3O3/c19-15-5-3-14(4-6-15)17(23)20-7-8-21-9-11-22(12-10-21)18(24)16-2-1-13-25-16/h1-6,13H,7-12H2,(H,20,23). The van der Waals surface area contributed by atoms with Gasteiger partial charge in [-0.2, -0.15) is 0 Å². The number of carbonyl (C=O) groups is 2. The Morgan fingerprint density at radius 3 is 2.44 bits per heavy atom. The van der Waals surface area contributed by atoms with Crippen molar-refractivity contribution in [1.82, 2.24) is 15.1 Å². The number of furan rings is 1. The molecule has 0 saturated carbocycles. The average Bonchev–Trinajstić information content (AvgIpc) is 3.17. The SMILES string of the molecule is O=C(NCCN1CCN(C(=O)c2ccco2)CC1)c1ccc(F)cc1. The third-order valence-corrected chi connectivity index (χ3v) is 4.21. The Bertz CT molecular complexity index is 708. The molecule has 0 aliphatic carbocycles. The molecule has 3 rings (SSSR count). The van der Waals surface area contributed by atoms with Gasteiger partial charge in [-0.05, 0) is 36.4 Å². The summed E-state index contributed by atoms with van der Waals surface area (Å²) < 4.78 is 18.0. The summed E-state index contributed by atoms with van der Waals surface area (Å²) in [6.45, 7) is 3.96. The van der Waals surface area contributed by atoms with Crippen LogP contribution in [-0.4, -0.2) is 60.9 Å². The van der Waals surface area contributed by atoms with Gasteiger partial charge in [-0.1, -0.05) is 0 Å². The molecule has 1 saturated heterocycles. The molecule has 0 spiro atoms. The number of hydrogen-bond donors (Lipinski definition) is 1. The van der Waals surface area contributed by atoms with Crippen molar-refractivity contribution in [2.45, 2.75) is 0 Å². The summed E-state index contributed by atoms with van der Waals surface area (Å²) in [6, 6.07) is 8.83. The normalized spacial score (nSPS) is 15.2. The topological polar surface area (TPSA) is 65.8 Å². The minimum Gasteiger partial charge on any atom is -0.459 e. The summed E-state index contributed by atoms with van der Waals surface area (Å²) in [5.41, 5.74) is 0.440. The zero-order valence-electron chi connectivity index (χ0n) is 13.8. The van der Waals surface area contributed by atoms with Gasteiger partial charge >= 0.3 is 0 Å². The summed E-state index contributed by atoms with van der Waals surface area (Å²) in [4.78, 5) is 28.1. The second kappa shape index (κ2) is 7.94. The molecule has 1 fully saturated rings. The fourth-order valence-electron chi connectivity index (χ4n) is 2.76. The summed E-state index contributed by atoms with van der Waals surface area (Å²) >= 11 is 0. The molecule has 0 atom stereocenters. The van der Waals surface area contributed by atoms with E-state index in [9.17, 15) is 14.0 Å². The van der Waals surface area contributed by atoms with E-state index in [1.54, 1.807) is 17.0 Å². The number of amides is 2. The van der Waals surface area contributed by atoms with E-state index in [0.29, 0.717) is 37.5 Å². The summed E-state index contributed by atoms with van der Waals surface area (Å²) in [7, 11) is 0. The molecule has 2 heterocycles. The van der Waals surface area contributed by atoms with Gasteiger partial charge in [0.15, 0.2) is 5.76 Å². The molecule has 2 aromatic rings. The minimum absolute atomic E-state index is 0.0886. The summed E-state index contributed by atoms with van der Waals surface area (Å²) in [6.07, 6.45) is 1.49. The van der Waals surface area contributed by atoms with Crippen LogP contribution in [0.15, 0.2) is 47.1 Å². The fourth-order valence-corrected chi connectivity index (χ4v) is 2.76. The molecule has 25 heavy (non-hydrogen) atoms. The van der Waals surface area contributed by atoms with Gasteiger partial charge in [-0.25, -0.2) is 4.39 Å². The Balaban J connectivity index is 1.38. The van der Waals surface area contributed by atoms with Gasteiger partial charge in [0.25, 0.3) is 11.8 Å². The maximum atomic E-state index is 12.9. The number of carbonyl (C=O) groups excluding carboxylic acids is 2. The molecule has 2 amide bonds. The van der Waals surface area contributed by atoms with E-state index in [0.717, 1.165) is 13.1 Å². The molecule has 6 nitrogen and oxygen atoms in total. The van der Waals surface area contributed by atoms with Crippen molar-refractivity contribution < 1.29 is 18.4 Å². The first-order valence-electron chi connectivity index (χ1n) is 8.22. The van der Waals surface area contributed by atoms with Crippen LogP contribution in [0.1, 0.15) is 20.9 Å². The van der Waals surface area contributed by atoms with E-state index in [1.165, 1.54) is 30.5 Å². The van der Waals surface area contributed by atoms with Gasteiger partial charge in [0.05, 0.1) is 6.26 Å². The van der Waals surface area contributed by atoms with E-state index in [-0.39, 0.29) is 17.6 Å². The van der Waals surface area contributed by atoms with Crippen LogP contribution in [0.5, 0.6) is 0 Å². The maximum Gasteiger partial charge on any atom is 0.289 e. The largest absolute Gasteiger partial charge is 0.459 e. The van der Waals surface area contributed by atoms with Crippen molar-refractivity contribution in [3.05, 3.63) is 59.8 Å². The molecule has 0 unspecified atom stereocenters.